The molecule has 0 bridgehead atoms. The Morgan fingerprint density at radius 1 is 1.42 bits per heavy atom. The zero-order valence-corrected chi connectivity index (χ0v) is 15.2. The van der Waals surface area contributed by atoms with Crippen molar-refractivity contribution in [1.29, 1.82) is 0 Å². The SMILES string of the molecule is C[C@@H]1CNCCN1C(=O)CSCCOc1ccc(S(N)(=O)=O)cc1. The van der Waals surface area contributed by atoms with Crippen LogP contribution >= 0.6 is 11.8 Å². The maximum absolute atomic E-state index is 12.1. The first-order valence-corrected chi connectivity index (χ1v) is 10.4. The lowest BCUT2D eigenvalue weighted by atomic mass is 10.2. The van der Waals surface area contributed by atoms with Crippen LogP contribution in [0.3, 0.4) is 0 Å². The minimum Gasteiger partial charge on any atom is -0.493 e. The Bertz CT molecular complexity index is 649. The largest absolute Gasteiger partial charge is 0.493 e. The summed E-state index contributed by atoms with van der Waals surface area (Å²) < 4.78 is 27.8. The molecule has 1 heterocycles. The third kappa shape index (κ3) is 5.66. The van der Waals surface area contributed by atoms with Crippen molar-refractivity contribution in [3.05, 3.63) is 24.3 Å². The summed E-state index contributed by atoms with van der Waals surface area (Å²) in [5.74, 6) is 1.86. The van der Waals surface area contributed by atoms with Crippen molar-refractivity contribution >= 4 is 27.7 Å². The summed E-state index contributed by atoms with van der Waals surface area (Å²) in [6.07, 6.45) is 0. The molecule has 24 heavy (non-hydrogen) atoms. The third-order valence-electron chi connectivity index (χ3n) is 3.70. The molecule has 9 heteroatoms. The second-order valence-electron chi connectivity index (χ2n) is 5.56. The zero-order valence-electron chi connectivity index (χ0n) is 13.6. The Balaban J connectivity index is 1.67. The van der Waals surface area contributed by atoms with Crippen LogP contribution in [0.1, 0.15) is 6.92 Å². The molecule has 134 valence electrons. The number of hydrogen-bond donors (Lipinski definition) is 2. The lowest BCUT2D eigenvalue weighted by Gasteiger charge is -2.33. The summed E-state index contributed by atoms with van der Waals surface area (Å²) >= 11 is 1.53. The van der Waals surface area contributed by atoms with Crippen LogP contribution in [0.25, 0.3) is 0 Å². The minimum atomic E-state index is -3.68. The van der Waals surface area contributed by atoms with Gasteiger partial charge in [0, 0.05) is 31.4 Å². The van der Waals surface area contributed by atoms with Gasteiger partial charge in [-0.2, -0.15) is 0 Å². The van der Waals surface area contributed by atoms with Gasteiger partial charge in [-0.05, 0) is 31.2 Å². The van der Waals surface area contributed by atoms with E-state index in [2.05, 4.69) is 5.32 Å². The average molecular weight is 374 g/mol. The zero-order chi connectivity index (χ0) is 17.6. The van der Waals surface area contributed by atoms with Crippen LogP contribution in [-0.2, 0) is 14.8 Å². The first-order chi connectivity index (χ1) is 11.4. The molecule has 1 aliphatic heterocycles. The van der Waals surface area contributed by atoms with Crippen LogP contribution in [0.15, 0.2) is 29.2 Å². The van der Waals surface area contributed by atoms with E-state index in [9.17, 15) is 13.2 Å². The number of hydrogen-bond acceptors (Lipinski definition) is 6. The summed E-state index contributed by atoms with van der Waals surface area (Å²) in [5.41, 5.74) is 0. The van der Waals surface area contributed by atoms with Gasteiger partial charge in [-0.1, -0.05) is 0 Å². The van der Waals surface area contributed by atoms with Gasteiger partial charge >= 0.3 is 0 Å². The summed E-state index contributed by atoms with van der Waals surface area (Å²) in [7, 11) is -3.68. The highest BCUT2D eigenvalue weighted by Gasteiger charge is 2.22. The minimum absolute atomic E-state index is 0.0555. The molecule has 3 N–H and O–H groups in total. The first-order valence-electron chi connectivity index (χ1n) is 7.71. The van der Waals surface area contributed by atoms with E-state index in [1.807, 2.05) is 11.8 Å². The van der Waals surface area contributed by atoms with Crippen molar-refractivity contribution < 1.29 is 17.9 Å². The van der Waals surface area contributed by atoms with Crippen molar-refractivity contribution in [3.8, 4) is 5.75 Å². The molecule has 1 aromatic carbocycles. The Labute approximate surface area is 147 Å². The van der Waals surface area contributed by atoms with Crippen LogP contribution in [0.4, 0.5) is 0 Å². The molecule has 1 amide bonds. The Hall–Kier alpha value is -1.29. The molecule has 1 fully saturated rings. The molecule has 0 aliphatic carbocycles. The topological polar surface area (TPSA) is 102 Å². The van der Waals surface area contributed by atoms with Gasteiger partial charge in [0.25, 0.3) is 0 Å². The number of rotatable bonds is 7. The predicted octanol–water partition coefficient (Wildman–Crippen LogP) is 0.266. The van der Waals surface area contributed by atoms with Crippen LogP contribution in [0.5, 0.6) is 5.75 Å². The van der Waals surface area contributed by atoms with E-state index in [1.165, 1.54) is 23.9 Å². The Morgan fingerprint density at radius 3 is 2.75 bits per heavy atom. The van der Waals surface area contributed by atoms with Crippen LogP contribution in [0, 0.1) is 0 Å². The molecule has 0 unspecified atom stereocenters. The number of carbonyl (C=O) groups is 1. The number of piperazine rings is 1. The molecule has 1 aliphatic rings. The van der Waals surface area contributed by atoms with E-state index in [4.69, 9.17) is 9.88 Å². The van der Waals surface area contributed by atoms with Gasteiger partial charge in [-0.3, -0.25) is 4.79 Å². The molecule has 0 radical (unpaired) electrons. The van der Waals surface area contributed by atoms with Crippen LogP contribution in [0.2, 0.25) is 0 Å². The maximum Gasteiger partial charge on any atom is 0.238 e. The number of nitrogens with one attached hydrogen (secondary N) is 1. The second kappa shape index (κ2) is 8.70. The number of primary sulfonamides is 1. The fourth-order valence-corrected chi connectivity index (χ4v) is 3.60. The van der Waals surface area contributed by atoms with Gasteiger partial charge < -0.3 is 15.0 Å². The van der Waals surface area contributed by atoms with Crippen molar-refractivity contribution in [2.45, 2.75) is 17.9 Å². The Kier molecular flexibility index (Phi) is 6.90. The molecule has 0 aromatic heterocycles. The van der Waals surface area contributed by atoms with E-state index in [-0.39, 0.29) is 16.8 Å². The highest BCUT2D eigenvalue weighted by molar-refractivity contribution is 7.99. The molecule has 0 saturated carbocycles. The number of thioether (sulfide) groups is 1. The van der Waals surface area contributed by atoms with Crippen molar-refractivity contribution in [3.63, 3.8) is 0 Å². The highest BCUT2D eigenvalue weighted by atomic mass is 32.2. The number of nitrogens with two attached hydrogens (primary N) is 1. The predicted molar refractivity (Wildman–Crippen MR) is 94.7 cm³/mol. The number of ether oxygens (including phenoxy) is 1. The van der Waals surface area contributed by atoms with Crippen molar-refractivity contribution in [1.82, 2.24) is 10.2 Å². The summed E-state index contributed by atoms with van der Waals surface area (Å²) in [6, 6.07) is 6.19. The number of sulfonamides is 1. The lowest BCUT2D eigenvalue weighted by Crippen LogP contribution is -2.52. The first kappa shape index (κ1) is 19.0. The Morgan fingerprint density at radius 2 is 2.12 bits per heavy atom. The molecular weight excluding hydrogens is 350 g/mol. The monoisotopic (exact) mass is 373 g/mol. The van der Waals surface area contributed by atoms with Gasteiger partial charge in [0.15, 0.2) is 0 Å². The van der Waals surface area contributed by atoms with E-state index in [1.54, 1.807) is 12.1 Å². The van der Waals surface area contributed by atoms with Crippen LogP contribution in [-0.4, -0.2) is 63.0 Å². The highest BCUT2D eigenvalue weighted by Crippen LogP contribution is 2.15. The molecule has 1 saturated heterocycles. The van der Waals surface area contributed by atoms with E-state index >= 15 is 0 Å². The van der Waals surface area contributed by atoms with Gasteiger partial charge in [0.1, 0.15) is 5.75 Å². The van der Waals surface area contributed by atoms with Gasteiger partial charge in [0.2, 0.25) is 15.9 Å². The maximum atomic E-state index is 12.1. The smallest absolute Gasteiger partial charge is 0.238 e. The summed E-state index contributed by atoms with van der Waals surface area (Å²) in [6.45, 7) is 4.94. The standard InChI is InChI=1S/C15H23N3O4S2/c1-12-10-17-6-7-18(12)15(19)11-23-9-8-22-13-2-4-14(5-3-13)24(16,20)21/h2-5,12,17H,6-11H2,1H3,(H2,16,20,21)/t12-/m1/s1. The number of amides is 1. The molecule has 7 nitrogen and oxygen atoms in total. The molecule has 1 aromatic rings. The fourth-order valence-electron chi connectivity index (χ4n) is 2.40. The second-order valence-corrected chi connectivity index (χ2v) is 8.22. The average Bonchev–Trinajstić information content (AvgIpc) is 2.54. The number of benzene rings is 1. The molecule has 0 spiro atoms. The van der Waals surface area contributed by atoms with Crippen molar-refractivity contribution in [2.24, 2.45) is 5.14 Å². The van der Waals surface area contributed by atoms with Gasteiger partial charge in [-0.25, -0.2) is 13.6 Å². The summed E-state index contributed by atoms with van der Waals surface area (Å²) in [5, 5.41) is 8.30. The number of nitrogens with zero attached hydrogens (tertiary/aromatic N) is 1. The molecule has 1 atom stereocenters. The van der Waals surface area contributed by atoms with Gasteiger partial charge in [0.05, 0.1) is 17.3 Å². The lowest BCUT2D eigenvalue weighted by molar-refractivity contribution is -0.131. The summed E-state index contributed by atoms with van der Waals surface area (Å²) in [4.78, 5) is 14.1. The van der Waals surface area contributed by atoms with Crippen molar-refractivity contribution in [2.75, 3.05) is 37.7 Å². The molecular formula is C15H23N3O4S2. The normalized spacial score (nSPS) is 18.4. The van der Waals surface area contributed by atoms with Crippen LogP contribution < -0.4 is 15.2 Å². The van der Waals surface area contributed by atoms with Gasteiger partial charge in [-0.15, -0.1) is 11.8 Å². The van der Waals surface area contributed by atoms with E-state index < -0.39 is 10.0 Å². The molecule has 2 rings (SSSR count). The fraction of sp³-hybridized carbons (Fsp3) is 0.533. The quantitative estimate of drug-likeness (QED) is 0.665. The third-order valence-corrected chi connectivity index (χ3v) is 5.53. The van der Waals surface area contributed by atoms with E-state index in [0.29, 0.717) is 23.9 Å². The number of carbonyl (C=O) groups excluding carboxylic acids is 1. The van der Waals surface area contributed by atoms with E-state index in [0.717, 1.165) is 19.6 Å².